The molecule has 0 fully saturated rings. The van der Waals surface area contributed by atoms with Crippen LogP contribution in [0.3, 0.4) is 0 Å². The largest absolute Gasteiger partial charge is 0.482 e. The fraction of sp³-hybridized carbons (Fsp3) is 0.0667. The predicted octanol–water partition coefficient (Wildman–Crippen LogP) is 0.831. The number of hydrogen-bond acceptors (Lipinski definition) is 6. The topological polar surface area (TPSA) is 153 Å². The zero-order chi connectivity index (χ0) is 17.0. The molecule has 0 radical (unpaired) electrons. The molecule has 4 N–H and O–H groups in total. The van der Waals surface area contributed by atoms with Crippen LogP contribution < -0.4 is 16.0 Å². The van der Waals surface area contributed by atoms with E-state index in [1.165, 1.54) is 12.1 Å². The molecule has 0 saturated carbocycles. The van der Waals surface area contributed by atoms with Crippen molar-refractivity contribution in [3.8, 4) is 29.0 Å². The van der Waals surface area contributed by atoms with E-state index in [1.54, 1.807) is 18.2 Å². The molecule has 2 aromatic rings. The average Bonchev–Trinajstić information content (AvgIpc) is 2.52. The number of benzene rings is 1. The van der Waals surface area contributed by atoms with Gasteiger partial charge in [-0.05, 0) is 17.7 Å². The molecule has 2 rings (SSSR count). The van der Waals surface area contributed by atoms with E-state index in [-0.39, 0.29) is 28.3 Å². The molecular weight excluding hydrogens is 300 g/mol. The van der Waals surface area contributed by atoms with E-state index in [1.807, 2.05) is 6.07 Å². The molecule has 114 valence electrons. The third-order valence-corrected chi connectivity index (χ3v) is 2.95. The van der Waals surface area contributed by atoms with Crippen molar-refractivity contribution in [2.24, 2.45) is 0 Å². The summed E-state index contributed by atoms with van der Waals surface area (Å²) in [5.74, 6) is -1.08. The lowest BCUT2D eigenvalue weighted by Crippen LogP contribution is -2.16. The minimum atomic E-state index is -1.15. The number of pyridine rings is 1. The van der Waals surface area contributed by atoms with Crippen molar-refractivity contribution in [3.63, 3.8) is 0 Å². The molecule has 0 amide bonds. The molecule has 1 heterocycles. The molecule has 0 spiro atoms. The number of hydrogen-bond donors (Lipinski definition) is 3. The van der Waals surface area contributed by atoms with Gasteiger partial charge in [0.15, 0.2) is 6.61 Å². The second-order valence-electron chi connectivity index (χ2n) is 4.43. The number of nitrogen functional groups attached to an aromatic ring is 1. The lowest BCUT2D eigenvalue weighted by molar-refractivity contribution is -0.139. The monoisotopic (exact) mass is 310 g/mol. The number of H-pyrrole nitrogens is 1. The minimum Gasteiger partial charge on any atom is -0.482 e. The van der Waals surface area contributed by atoms with E-state index in [0.29, 0.717) is 5.56 Å². The Labute approximate surface area is 130 Å². The van der Waals surface area contributed by atoms with Gasteiger partial charge in [0.25, 0.3) is 5.56 Å². The average molecular weight is 310 g/mol. The normalized spacial score (nSPS) is 9.65. The Kier molecular flexibility index (Phi) is 4.29. The van der Waals surface area contributed by atoms with Crippen LogP contribution >= 0.6 is 0 Å². The number of carbonyl (C=O) groups is 1. The number of ether oxygens (including phenoxy) is 1. The van der Waals surface area contributed by atoms with Crippen LogP contribution in [0.2, 0.25) is 0 Å². The van der Waals surface area contributed by atoms with Crippen molar-refractivity contribution < 1.29 is 14.6 Å². The SMILES string of the molecule is N#Cc1c(N)[nH]c(=O)c(C#N)c1-c1cccc(OCC(=O)O)c1. The lowest BCUT2D eigenvalue weighted by Gasteiger charge is -2.10. The second-order valence-corrected chi connectivity index (χ2v) is 4.43. The smallest absolute Gasteiger partial charge is 0.341 e. The number of aliphatic carboxylic acids is 1. The van der Waals surface area contributed by atoms with Crippen molar-refractivity contribution >= 4 is 11.8 Å². The second kappa shape index (κ2) is 6.33. The predicted molar refractivity (Wildman–Crippen MR) is 79.5 cm³/mol. The molecule has 8 heteroatoms. The minimum absolute atomic E-state index is 0.0449. The van der Waals surface area contributed by atoms with Gasteiger partial charge in [-0.25, -0.2) is 4.79 Å². The highest BCUT2D eigenvalue weighted by molar-refractivity contribution is 5.80. The van der Waals surface area contributed by atoms with Gasteiger partial charge in [0, 0.05) is 5.56 Å². The summed E-state index contributed by atoms with van der Waals surface area (Å²) < 4.78 is 5.05. The van der Waals surface area contributed by atoms with E-state index >= 15 is 0 Å². The molecule has 0 bridgehead atoms. The first-order chi connectivity index (χ1) is 11.0. The van der Waals surface area contributed by atoms with Crippen LogP contribution in [-0.4, -0.2) is 22.7 Å². The van der Waals surface area contributed by atoms with E-state index in [2.05, 4.69) is 4.98 Å². The summed E-state index contributed by atoms with van der Waals surface area (Å²) in [6.07, 6.45) is 0. The Balaban J connectivity index is 2.65. The summed E-state index contributed by atoms with van der Waals surface area (Å²) in [7, 11) is 0. The molecule has 8 nitrogen and oxygen atoms in total. The molecule has 1 aromatic carbocycles. The van der Waals surface area contributed by atoms with Gasteiger partial charge in [-0.2, -0.15) is 10.5 Å². The van der Waals surface area contributed by atoms with Crippen LogP contribution in [-0.2, 0) is 4.79 Å². The molecule has 0 unspecified atom stereocenters. The number of rotatable bonds is 4. The molecule has 0 aliphatic heterocycles. The standard InChI is InChI=1S/C15H10N4O4/c16-5-10-13(11(6-17)15(22)19-14(10)18)8-2-1-3-9(4-8)23-7-12(20)21/h1-4H,7H2,(H,20,21)(H3,18,19,22). The Morgan fingerprint density at radius 2 is 2.00 bits per heavy atom. The van der Waals surface area contributed by atoms with Crippen molar-refractivity contribution in [3.05, 3.63) is 45.7 Å². The van der Waals surface area contributed by atoms with Gasteiger partial charge in [-0.3, -0.25) is 4.79 Å². The Hall–Kier alpha value is -3.78. The van der Waals surface area contributed by atoms with Gasteiger partial charge in [0.1, 0.15) is 34.8 Å². The highest BCUT2D eigenvalue weighted by Crippen LogP contribution is 2.30. The fourth-order valence-corrected chi connectivity index (χ4v) is 2.02. The number of carboxylic acids is 1. The van der Waals surface area contributed by atoms with Crippen LogP contribution in [0.1, 0.15) is 11.1 Å². The molecular formula is C15H10N4O4. The van der Waals surface area contributed by atoms with Crippen molar-refractivity contribution in [2.45, 2.75) is 0 Å². The number of aromatic nitrogens is 1. The van der Waals surface area contributed by atoms with Gasteiger partial charge in [0.2, 0.25) is 0 Å². The maximum Gasteiger partial charge on any atom is 0.341 e. The van der Waals surface area contributed by atoms with Crippen LogP contribution in [0.25, 0.3) is 11.1 Å². The summed E-state index contributed by atoms with van der Waals surface area (Å²) in [4.78, 5) is 24.6. The maximum absolute atomic E-state index is 11.9. The van der Waals surface area contributed by atoms with Crippen molar-refractivity contribution in [1.82, 2.24) is 4.98 Å². The number of aromatic amines is 1. The van der Waals surface area contributed by atoms with Gasteiger partial charge in [-0.1, -0.05) is 12.1 Å². The molecule has 0 saturated heterocycles. The quantitative estimate of drug-likeness (QED) is 0.755. The zero-order valence-corrected chi connectivity index (χ0v) is 11.7. The van der Waals surface area contributed by atoms with Gasteiger partial charge in [0.05, 0.1) is 0 Å². The number of anilines is 1. The van der Waals surface area contributed by atoms with E-state index in [4.69, 9.17) is 15.6 Å². The van der Waals surface area contributed by atoms with Crippen LogP contribution in [0, 0.1) is 22.7 Å². The summed E-state index contributed by atoms with van der Waals surface area (Å²) in [5, 5.41) is 27.1. The first-order valence-electron chi connectivity index (χ1n) is 6.29. The highest BCUT2D eigenvalue weighted by atomic mass is 16.5. The van der Waals surface area contributed by atoms with E-state index in [9.17, 15) is 20.1 Å². The molecule has 0 atom stereocenters. The summed E-state index contributed by atoms with van der Waals surface area (Å²) in [6.45, 7) is -0.544. The van der Waals surface area contributed by atoms with Gasteiger partial charge in [-0.15, -0.1) is 0 Å². The van der Waals surface area contributed by atoms with Crippen LogP contribution in [0.5, 0.6) is 5.75 Å². The third kappa shape index (κ3) is 3.12. The molecule has 0 aliphatic rings. The molecule has 1 aromatic heterocycles. The van der Waals surface area contributed by atoms with Gasteiger partial charge >= 0.3 is 5.97 Å². The van der Waals surface area contributed by atoms with Gasteiger partial charge < -0.3 is 20.6 Å². The van der Waals surface area contributed by atoms with Crippen molar-refractivity contribution in [2.75, 3.05) is 12.3 Å². The van der Waals surface area contributed by atoms with Crippen LogP contribution in [0.4, 0.5) is 5.82 Å². The Morgan fingerprint density at radius 1 is 1.30 bits per heavy atom. The van der Waals surface area contributed by atoms with E-state index < -0.39 is 18.1 Å². The molecule has 0 aliphatic carbocycles. The Morgan fingerprint density at radius 3 is 2.61 bits per heavy atom. The fourth-order valence-electron chi connectivity index (χ4n) is 2.02. The number of nitriles is 2. The number of nitrogens with one attached hydrogen (secondary N) is 1. The summed E-state index contributed by atoms with van der Waals surface area (Å²) in [6, 6.07) is 9.65. The zero-order valence-electron chi connectivity index (χ0n) is 11.7. The lowest BCUT2D eigenvalue weighted by atomic mass is 9.96. The maximum atomic E-state index is 11.9. The third-order valence-electron chi connectivity index (χ3n) is 2.95. The Bertz CT molecular complexity index is 919. The summed E-state index contributed by atoms with van der Waals surface area (Å²) >= 11 is 0. The summed E-state index contributed by atoms with van der Waals surface area (Å²) in [5.41, 5.74) is 5.05. The van der Waals surface area contributed by atoms with E-state index in [0.717, 1.165) is 0 Å². The molecule has 23 heavy (non-hydrogen) atoms. The van der Waals surface area contributed by atoms with Crippen LogP contribution in [0.15, 0.2) is 29.1 Å². The number of nitrogens with zero attached hydrogens (tertiary/aromatic N) is 2. The first kappa shape index (κ1) is 15.6. The first-order valence-corrected chi connectivity index (χ1v) is 6.29. The van der Waals surface area contributed by atoms with Crippen molar-refractivity contribution in [1.29, 1.82) is 10.5 Å². The number of carboxylic acid groups (broad SMARTS) is 1. The number of nitrogens with two attached hydrogens (primary N) is 1. The highest BCUT2D eigenvalue weighted by Gasteiger charge is 2.18.